The van der Waals surface area contributed by atoms with Crippen molar-refractivity contribution in [2.45, 2.75) is 38.6 Å². The smallest absolute Gasteiger partial charge is 0.223 e. The van der Waals surface area contributed by atoms with Crippen LogP contribution >= 0.6 is 0 Å². The molecule has 1 amide bonds. The van der Waals surface area contributed by atoms with Crippen LogP contribution in [0.15, 0.2) is 24.3 Å². The minimum absolute atomic E-state index is 0.000101. The van der Waals surface area contributed by atoms with Gasteiger partial charge in [-0.2, -0.15) is 0 Å². The number of ketones is 1. The van der Waals surface area contributed by atoms with Crippen molar-refractivity contribution in [3.63, 3.8) is 0 Å². The zero-order valence-corrected chi connectivity index (χ0v) is 14.0. The summed E-state index contributed by atoms with van der Waals surface area (Å²) in [4.78, 5) is 26.3. The highest BCUT2D eigenvalue weighted by atomic mass is 16.5. The molecule has 0 bridgehead atoms. The summed E-state index contributed by atoms with van der Waals surface area (Å²) < 4.78 is 5.36. The number of nitrogens with zero attached hydrogens (tertiary/aromatic N) is 1. The fraction of sp³-hybridized carbons (Fsp3) is 0.556. The molecule has 1 heterocycles. The Labute approximate surface area is 138 Å². The van der Waals surface area contributed by atoms with Crippen LogP contribution in [-0.4, -0.2) is 49.4 Å². The van der Waals surface area contributed by atoms with E-state index in [1.807, 2.05) is 18.9 Å². The van der Waals surface area contributed by atoms with E-state index in [9.17, 15) is 9.59 Å². The first-order valence-electron chi connectivity index (χ1n) is 8.34. The molecule has 1 N–H and O–H groups in total. The second-order valence-corrected chi connectivity index (χ2v) is 5.87. The number of hydrogen-bond acceptors (Lipinski definition) is 4. The Bertz CT molecular complexity index is 522. The van der Waals surface area contributed by atoms with Crippen LogP contribution in [0.25, 0.3) is 0 Å². The minimum Gasteiger partial charge on any atom is -0.494 e. The van der Waals surface area contributed by atoms with Crippen molar-refractivity contribution >= 4 is 11.7 Å². The summed E-state index contributed by atoms with van der Waals surface area (Å²) in [7, 11) is 1.85. The Morgan fingerprint density at radius 3 is 2.43 bits per heavy atom. The van der Waals surface area contributed by atoms with Gasteiger partial charge in [0.25, 0.3) is 0 Å². The molecule has 0 radical (unpaired) electrons. The van der Waals surface area contributed by atoms with E-state index in [0.717, 1.165) is 31.7 Å². The Hall–Kier alpha value is -1.88. The standard InChI is InChI=1S/C18H26N2O3/c1-3-23-16-6-4-14(5-7-16)17(21)8-9-18(22)20(2)15-10-12-19-13-11-15/h4-7,15,19H,3,8-13H2,1-2H3. The van der Waals surface area contributed by atoms with Gasteiger partial charge in [0.1, 0.15) is 5.75 Å². The molecule has 0 spiro atoms. The van der Waals surface area contributed by atoms with Crippen molar-refractivity contribution in [3.8, 4) is 5.75 Å². The van der Waals surface area contributed by atoms with Gasteiger partial charge in [0.2, 0.25) is 5.91 Å². The van der Waals surface area contributed by atoms with E-state index in [2.05, 4.69) is 5.32 Å². The highest BCUT2D eigenvalue weighted by Crippen LogP contribution is 2.15. The highest BCUT2D eigenvalue weighted by molar-refractivity contribution is 5.98. The van der Waals surface area contributed by atoms with E-state index in [1.165, 1.54) is 0 Å². The largest absolute Gasteiger partial charge is 0.494 e. The highest BCUT2D eigenvalue weighted by Gasteiger charge is 2.22. The number of ether oxygens (including phenoxy) is 1. The first-order chi connectivity index (χ1) is 11.1. The number of benzene rings is 1. The second-order valence-electron chi connectivity index (χ2n) is 5.87. The third kappa shape index (κ3) is 5.06. The summed E-state index contributed by atoms with van der Waals surface area (Å²) in [5.74, 6) is 0.807. The lowest BCUT2D eigenvalue weighted by Gasteiger charge is -2.31. The first-order valence-corrected chi connectivity index (χ1v) is 8.34. The average molecular weight is 318 g/mol. The van der Waals surface area contributed by atoms with E-state index in [1.54, 1.807) is 24.3 Å². The minimum atomic E-state index is 0.000101. The molecule has 0 unspecified atom stereocenters. The van der Waals surface area contributed by atoms with E-state index in [-0.39, 0.29) is 24.5 Å². The summed E-state index contributed by atoms with van der Waals surface area (Å²) in [6.07, 6.45) is 2.48. The molecule has 1 aromatic carbocycles. The lowest BCUT2D eigenvalue weighted by molar-refractivity contribution is -0.132. The van der Waals surface area contributed by atoms with Crippen LogP contribution in [0.2, 0.25) is 0 Å². The van der Waals surface area contributed by atoms with Crippen molar-refractivity contribution in [1.82, 2.24) is 10.2 Å². The van der Waals surface area contributed by atoms with Crippen molar-refractivity contribution in [3.05, 3.63) is 29.8 Å². The molecule has 5 nitrogen and oxygen atoms in total. The Balaban J connectivity index is 1.81. The molecule has 5 heteroatoms. The number of carbonyl (C=O) groups excluding carboxylic acids is 2. The van der Waals surface area contributed by atoms with Crippen LogP contribution in [-0.2, 0) is 4.79 Å². The number of hydrogen-bond donors (Lipinski definition) is 1. The maximum absolute atomic E-state index is 12.3. The lowest BCUT2D eigenvalue weighted by atomic mass is 10.0. The predicted molar refractivity (Wildman–Crippen MR) is 89.8 cm³/mol. The number of Topliss-reactive ketones (excluding diaryl/α,β-unsaturated/α-hetero) is 1. The van der Waals surface area contributed by atoms with E-state index < -0.39 is 0 Å². The van der Waals surface area contributed by atoms with Crippen molar-refractivity contribution < 1.29 is 14.3 Å². The third-order valence-corrected chi connectivity index (χ3v) is 4.30. The zero-order valence-electron chi connectivity index (χ0n) is 14.0. The maximum atomic E-state index is 12.3. The van der Waals surface area contributed by atoms with Crippen LogP contribution in [0.3, 0.4) is 0 Å². The van der Waals surface area contributed by atoms with Gasteiger partial charge in [-0.15, -0.1) is 0 Å². The Morgan fingerprint density at radius 1 is 1.17 bits per heavy atom. The molecule has 0 aromatic heterocycles. The van der Waals surface area contributed by atoms with Gasteiger partial charge in [-0.05, 0) is 57.1 Å². The maximum Gasteiger partial charge on any atom is 0.223 e. The first kappa shape index (κ1) is 17.5. The predicted octanol–water partition coefficient (Wildman–Crippen LogP) is 2.26. The molecular formula is C18H26N2O3. The summed E-state index contributed by atoms with van der Waals surface area (Å²) >= 11 is 0. The number of amides is 1. The molecule has 1 aliphatic heterocycles. The Morgan fingerprint density at radius 2 is 1.83 bits per heavy atom. The van der Waals surface area contributed by atoms with Crippen LogP contribution in [0.1, 0.15) is 43.0 Å². The SMILES string of the molecule is CCOc1ccc(C(=O)CCC(=O)N(C)C2CCNCC2)cc1. The van der Waals surface area contributed by atoms with Crippen molar-refractivity contribution in [2.75, 3.05) is 26.7 Å². The summed E-state index contributed by atoms with van der Waals surface area (Å²) in [5, 5.41) is 3.29. The molecule has 0 atom stereocenters. The van der Waals surface area contributed by atoms with Gasteiger partial charge < -0.3 is 15.0 Å². The van der Waals surface area contributed by atoms with Crippen LogP contribution in [0.5, 0.6) is 5.75 Å². The van der Waals surface area contributed by atoms with E-state index in [0.29, 0.717) is 18.2 Å². The summed E-state index contributed by atoms with van der Waals surface area (Å²) in [6, 6.07) is 7.39. The monoisotopic (exact) mass is 318 g/mol. The molecule has 2 rings (SSSR count). The van der Waals surface area contributed by atoms with Crippen LogP contribution in [0, 0.1) is 0 Å². The molecule has 1 saturated heterocycles. The van der Waals surface area contributed by atoms with Gasteiger partial charge in [-0.25, -0.2) is 0 Å². The topological polar surface area (TPSA) is 58.6 Å². The molecule has 1 fully saturated rings. The Kier molecular flexibility index (Phi) is 6.59. The van der Waals surface area contributed by atoms with Gasteiger partial charge in [0.15, 0.2) is 5.78 Å². The second kappa shape index (κ2) is 8.67. The molecule has 23 heavy (non-hydrogen) atoms. The molecule has 1 aromatic rings. The summed E-state index contributed by atoms with van der Waals surface area (Å²) in [6.45, 7) is 4.43. The van der Waals surface area contributed by atoms with Crippen molar-refractivity contribution in [1.29, 1.82) is 0 Å². The van der Waals surface area contributed by atoms with Gasteiger partial charge in [-0.1, -0.05) is 0 Å². The number of carbonyl (C=O) groups is 2. The molecule has 0 saturated carbocycles. The number of rotatable bonds is 7. The quantitative estimate of drug-likeness (QED) is 0.784. The van der Waals surface area contributed by atoms with Crippen LogP contribution in [0.4, 0.5) is 0 Å². The van der Waals surface area contributed by atoms with Gasteiger partial charge in [0.05, 0.1) is 6.61 Å². The lowest BCUT2D eigenvalue weighted by Crippen LogP contribution is -2.44. The zero-order chi connectivity index (χ0) is 16.7. The van der Waals surface area contributed by atoms with Gasteiger partial charge in [-0.3, -0.25) is 9.59 Å². The fourth-order valence-corrected chi connectivity index (χ4v) is 2.84. The molecule has 1 aliphatic rings. The molecular weight excluding hydrogens is 292 g/mol. The third-order valence-electron chi connectivity index (χ3n) is 4.30. The van der Waals surface area contributed by atoms with Gasteiger partial charge in [0, 0.05) is 31.5 Å². The number of piperidine rings is 1. The van der Waals surface area contributed by atoms with Crippen LogP contribution < -0.4 is 10.1 Å². The van der Waals surface area contributed by atoms with E-state index >= 15 is 0 Å². The van der Waals surface area contributed by atoms with E-state index in [4.69, 9.17) is 4.74 Å². The normalized spacial score (nSPS) is 15.2. The average Bonchev–Trinajstić information content (AvgIpc) is 2.60. The van der Waals surface area contributed by atoms with Gasteiger partial charge >= 0.3 is 0 Å². The molecule has 0 aliphatic carbocycles. The summed E-state index contributed by atoms with van der Waals surface area (Å²) in [5.41, 5.74) is 0.630. The molecule has 126 valence electrons. The fourth-order valence-electron chi connectivity index (χ4n) is 2.84. The van der Waals surface area contributed by atoms with Crippen molar-refractivity contribution in [2.24, 2.45) is 0 Å². The number of nitrogens with one attached hydrogen (secondary N) is 1.